The molecule has 0 radical (unpaired) electrons. The van der Waals surface area contributed by atoms with Crippen LogP contribution in [0.2, 0.25) is 0 Å². The first-order valence-electron chi connectivity index (χ1n) is 3.58. The third-order valence-electron chi connectivity index (χ3n) is 2.16. The van der Waals surface area contributed by atoms with Crippen molar-refractivity contribution in [2.24, 2.45) is 5.92 Å². The van der Waals surface area contributed by atoms with Gasteiger partial charge in [-0.25, -0.2) is 0 Å². The van der Waals surface area contributed by atoms with Gasteiger partial charge in [-0.05, 0) is 25.2 Å². The van der Waals surface area contributed by atoms with Gasteiger partial charge in [0.1, 0.15) is 0 Å². The maximum atomic E-state index is 5.48. The van der Waals surface area contributed by atoms with Gasteiger partial charge >= 0.3 is 0 Å². The van der Waals surface area contributed by atoms with Crippen LogP contribution >= 0.6 is 0 Å². The average Bonchev–Trinajstić information content (AvgIpc) is 2.36. The number of fused-ring (bicyclic) bond motifs is 1. The van der Waals surface area contributed by atoms with E-state index in [0.29, 0.717) is 6.10 Å². The van der Waals surface area contributed by atoms with Gasteiger partial charge in [-0.2, -0.15) is 0 Å². The predicted octanol–water partition coefficient (Wildman–Crippen LogP) is 1.58. The Balaban J connectivity index is 1.89. The largest absolute Gasteiger partial charge is 0.378 e. The van der Waals surface area contributed by atoms with Crippen LogP contribution < -0.4 is 0 Å². The van der Waals surface area contributed by atoms with Gasteiger partial charge in [0, 0.05) is 6.61 Å². The van der Waals surface area contributed by atoms with Crippen molar-refractivity contribution in [2.75, 3.05) is 6.61 Å². The Kier molecular flexibility index (Phi) is 1.04. The quantitative estimate of drug-likeness (QED) is 0.462. The van der Waals surface area contributed by atoms with Crippen LogP contribution in [-0.4, -0.2) is 12.7 Å². The van der Waals surface area contributed by atoms with Crippen LogP contribution in [0, 0.1) is 5.92 Å². The molecule has 2 atom stereocenters. The maximum Gasteiger partial charge on any atom is 0.0607 e. The van der Waals surface area contributed by atoms with Gasteiger partial charge in [-0.15, -0.1) is 0 Å². The van der Waals surface area contributed by atoms with Crippen LogP contribution in [0.25, 0.3) is 0 Å². The molecule has 0 bridgehead atoms. The Hall–Kier alpha value is -0.0400. The van der Waals surface area contributed by atoms with E-state index >= 15 is 0 Å². The molecule has 0 aromatic heterocycles. The van der Waals surface area contributed by atoms with Crippen LogP contribution in [0.1, 0.15) is 25.7 Å². The molecule has 2 aliphatic rings. The SMILES string of the molecule is C1CCC2CC2OC1. The molecule has 1 saturated carbocycles. The van der Waals surface area contributed by atoms with E-state index in [1.807, 2.05) is 0 Å². The highest BCUT2D eigenvalue weighted by atomic mass is 16.5. The van der Waals surface area contributed by atoms with E-state index in [1.54, 1.807) is 0 Å². The molecule has 46 valence electrons. The lowest BCUT2D eigenvalue weighted by Gasteiger charge is -1.94. The summed E-state index contributed by atoms with van der Waals surface area (Å²) in [6.45, 7) is 1.03. The molecule has 8 heavy (non-hydrogen) atoms. The molecule has 0 amide bonds. The molecule has 0 aromatic carbocycles. The van der Waals surface area contributed by atoms with Crippen LogP contribution in [0.4, 0.5) is 0 Å². The normalized spacial score (nSPS) is 45.0. The molecule has 1 nitrogen and oxygen atoms in total. The zero-order valence-electron chi connectivity index (χ0n) is 5.10. The molecule has 1 aliphatic carbocycles. The van der Waals surface area contributed by atoms with Crippen molar-refractivity contribution in [3.63, 3.8) is 0 Å². The van der Waals surface area contributed by atoms with Crippen molar-refractivity contribution in [3.8, 4) is 0 Å². The number of ether oxygens (including phenoxy) is 1. The summed E-state index contributed by atoms with van der Waals surface area (Å²) in [6.07, 6.45) is 6.19. The molecule has 0 aromatic rings. The van der Waals surface area contributed by atoms with Crippen LogP contribution in [0.3, 0.4) is 0 Å². The highest BCUT2D eigenvalue weighted by molar-refractivity contribution is 4.88. The van der Waals surface area contributed by atoms with Gasteiger partial charge in [0.05, 0.1) is 6.10 Å². The summed E-state index contributed by atoms with van der Waals surface area (Å²) in [6, 6.07) is 0. The summed E-state index contributed by atoms with van der Waals surface area (Å²) < 4.78 is 5.48. The summed E-state index contributed by atoms with van der Waals surface area (Å²) in [5, 5.41) is 0. The molecule has 1 saturated heterocycles. The van der Waals surface area contributed by atoms with Crippen LogP contribution in [0.15, 0.2) is 0 Å². The van der Waals surface area contributed by atoms with Gasteiger partial charge in [0.25, 0.3) is 0 Å². The smallest absolute Gasteiger partial charge is 0.0607 e. The van der Waals surface area contributed by atoms with Crippen molar-refractivity contribution < 1.29 is 4.74 Å². The highest BCUT2D eigenvalue weighted by Crippen LogP contribution is 2.39. The summed E-state index contributed by atoms with van der Waals surface area (Å²) in [7, 11) is 0. The summed E-state index contributed by atoms with van der Waals surface area (Å²) in [4.78, 5) is 0. The molecule has 2 unspecified atom stereocenters. The molecular formula is C7H12O. The van der Waals surface area contributed by atoms with E-state index in [1.165, 1.54) is 25.7 Å². The van der Waals surface area contributed by atoms with E-state index in [4.69, 9.17) is 4.74 Å². The first-order valence-corrected chi connectivity index (χ1v) is 3.58. The lowest BCUT2D eigenvalue weighted by atomic mass is 10.2. The lowest BCUT2D eigenvalue weighted by molar-refractivity contribution is 0.118. The molecule has 0 N–H and O–H groups in total. The fourth-order valence-electron chi connectivity index (χ4n) is 1.47. The molecule has 1 aliphatic heterocycles. The third-order valence-corrected chi connectivity index (χ3v) is 2.16. The number of hydrogen-bond donors (Lipinski definition) is 0. The molecule has 2 fully saturated rings. The molecule has 2 rings (SSSR count). The third kappa shape index (κ3) is 0.752. The van der Waals surface area contributed by atoms with Crippen LogP contribution in [0.5, 0.6) is 0 Å². The monoisotopic (exact) mass is 112 g/mol. The zero-order chi connectivity index (χ0) is 5.40. The first kappa shape index (κ1) is 4.80. The van der Waals surface area contributed by atoms with E-state index in [-0.39, 0.29) is 0 Å². The van der Waals surface area contributed by atoms with E-state index in [9.17, 15) is 0 Å². The fourth-order valence-corrected chi connectivity index (χ4v) is 1.47. The van der Waals surface area contributed by atoms with Gasteiger partial charge in [-0.3, -0.25) is 0 Å². The zero-order valence-corrected chi connectivity index (χ0v) is 5.10. The van der Waals surface area contributed by atoms with Crippen LogP contribution in [-0.2, 0) is 4.74 Å². The van der Waals surface area contributed by atoms with Crippen molar-refractivity contribution in [3.05, 3.63) is 0 Å². The van der Waals surface area contributed by atoms with E-state index < -0.39 is 0 Å². The Morgan fingerprint density at radius 1 is 1.25 bits per heavy atom. The summed E-state index contributed by atoms with van der Waals surface area (Å²) in [5.41, 5.74) is 0. The average molecular weight is 112 g/mol. The Labute approximate surface area is 50.0 Å². The fraction of sp³-hybridized carbons (Fsp3) is 1.00. The molecule has 0 spiro atoms. The van der Waals surface area contributed by atoms with Gasteiger partial charge in [0.2, 0.25) is 0 Å². The van der Waals surface area contributed by atoms with Gasteiger partial charge in [-0.1, -0.05) is 6.42 Å². The standard InChI is InChI=1S/C7H12O/c1-2-4-8-7-5-6(7)3-1/h6-7H,1-5H2. The molecule has 1 heteroatoms. The number of hydrogen-bond acceptors (Lipinski definition) is 1. The van der Waals surface area contributed by atoms with Crippen molar-refractivity contribution in [1.82, 2.24) is 0 Å². The first-order chi connectivity index (χ1) is 3.97. The minimum absolute atomic E-state index is 0.692. The van der Waals surface area contributed by atoms with E-state index in [0.717, 1.165) is 12.5 Å². The Bertz CT molecular complexity index is 80.4. The highest BCUT2D eigenvalue weighted by Gasteiger charge is 2.38. The van der Waals surface area contributed by atoms with E-state index in [2.05, 4.69) is 0 Å². The maximum absolute atomic E-state index is 5.48. The minimum atomic E-state index is 0.692. The summed E-state index contributed by atoms with van der Waals surface area (Å²) in [5.74, 6) is 0.970. The lowest BCUT2D eigenvalue weighted by Crippen LogP contribution is -1.93. The van der Waals surface area contributed by atoms with Gasteiger partial charge < -0.3 is 4.74 Å². The van der Waals surface area contributed by atoms with Crippen molar-refractivity contribution in [1.29, 1.82) is 0 Å². The second-order valence-electron chi connectivity index (χ2n) is 2.90. The molecule has 1 heterocycles. The predicted molar refractivity (Wildman–Crippen MR) is 31.7 cm³/mol. The summed E-state index contributed by atoms with van der Waals surface area (Å²) >= 11 is 0. The molecular weight excluding hydrogens is 100 g/mol. The van der Waals surface area contributed by atoms with Gasteiger partial charge in [0.15, 0.2) is 0 Å². The second kappa shape index (κ2) is 1.73. The number of rotatable bonds is 0. The van der Waals surface area contributed by atoms with Crippen molar-refractivity contribution >= 4 is 0 Å². The Morgan fingerprint density at radius 2 is 2.25 bits per heavy atom. The Morgan fingerprint density at radius 3 is 3.25 bits per heavy atom. The minimum Gasteiger partial charge on any atom is -0.378 e. The van der Waals surface area contributed by atoms with Crippen molar-refractivity contribution in [2.45, 2.75) is 31.8 Å². The topological polar surface area (TPSA) is 9.23 Å². The second-order valence-corrected chi connectivity index (χ2v) is 2.90.